The smallest absolute Gasteiger partial charge is 0.161 e. The predicted molar refractivity (Wildman–Crippen MR) is 82.9 cm³/mol. The van der Waals surface area contributed by atoms with E-state index >= 15 is 0 Å². The molecule has 3 nitrogen and oxygen atoms in total. The Kier molecular flexibility index (Phi) is 4.09. The first-order chi connectivity index (χ1) is 11.0. The maximum Gasteiger partial charge on any atom is 0.161 e. The van der Waals surface area contributed by atoms with Crippen molar-refractivity contribution in [2.75, 3.05) is 5.32 Å². The van der Waals surface area contributed by atoms with Crippen LogP contribution in [0, 0.1) is 17.5 Å². The third-order valence-electron chi connectivity index (χ3n) is 3.47. The van der Waals surface area contributed by atoms with Gasteiger partial charge in [-0.25, -0.2) is 23.1 Å². The Bertz CT molecular complexity index is 886. The van der Waals surface area contributed by atoms with Gasteiger partial charge in [0.1, 0.15) is 18.0 Å². The summed E-state index contributed by atoms with van der Waals surface area (Å²) in [5.41, 5.74) is 1.01. The quantitative estimate of drug-likeness (QED) is 0.740. The summed E-state index contributed by atoms with van der Waals surface area (Å²) >= 11 is 5.77. The number of halogens is 4. The average Bonchev–Trinajstić information content (AvgIpc) is 2.52. The minimum absolute atomic E-state index is 0.0109. The average molecular weight is 338 g/mol. The van der Waals surface area contributed by atoms with Gasteiger partial charge in [0, 0.05) is 11.5 Å². The Morgan fingerprint density at radius 3 is 2.48 bits per heavy atom. The minimum atomic E-state index is -0.979. The van der Waals surface area contributed by atoms with Crippen LogP contribution in [0.1, 0.15) is 18.5 Å². The van der Waals surface area contributed by atoms with Crippen molar-refractivity contribution in [3.63, 3.8) is 0 Å². The van der Waals surface area contributed by atoms with Crippen LogP contribution in [-0.2, 0) is 0 Å². The standard InChI is InChI=1S/C16H11ClF3N3/c1-8(9-2-3-12(18)11(17)4-9)23-16-10-5-13(19)14(20)6-15(10)21-7-22-16/h2-8H,1H3,(H,21,22,23). The van der Waals surface area contributed by atoms with Gasteiger partial charge in [-0.15, -0.1) is 0 Å². The molecule has 0 aliphatic heterocycles. The van der Waals surface area contributed by atoms with Crippen LogP contribution in [0.2, 0.25) is 5.02 Å². The number of rotatable bonds is 3. The van der Waals surface area contributed by atoms with Crippen LogP contribution >= 0.6 is 11.6 Å². The largest absolute Gasteiger partial charge is 0.363 e. The monoisotopic (exact) mass is 337 g/mol. The van der Waals surface area contributed by atoms with Crippen LogP contribution in [0.5, 0.6) is 0 Å². The van der Waals surface area contributed by atoms with Crippen molar-refractivity contribution in [3.05, 3.63) is 64.7 Å². The third-order valence-corrected chi connectivity index (χ3v) is 3.76. The lowest BCUT2D eigenvalue weighted by Gasteiger charge is -2.16. The molecule has 3 aromatic rings. The molecule has 0 fully saturated rings. The Hall–Kier alpha value is -2.34. The maximum absolute atomic E-state index is 13.5. The molecule has 0 spiro atoms. The van der Waals surface area contributed by atoms with Crippen LogP contribution in [0.15, 0.2) is 36.7 Å². The predicted octanol–water partition coefficient (Wildman–Crippen LogP) is 4.87. The first kappa shape index (κ1) is 15.6. The van der Waals surface area contributed by atoms with Crippen molar-refractivity contribution in [1.29, 1.82) is 0 Å². The van der Waals surface area contributed by atoms with Gasteiger partial charge in [0.2, 0.25) is 0 Å². The molecule has 0 bridgehead atoms. The molecule has 1 unspecified atom stereocenters. The van der Waals surface area contributed by atoms with Gasteiger partial charge < -0.3 is 5.32 Å². The highest BCUT2D eigenvalue weighted by atomic mass is 35.5. The lowest BCUT2D eigenvalue weighted by molar-refractivity contribution is 0.510. The molecular weight excluding hydrogens is 327 g/mol. The number of anilines is 1. The number of benzene rings is 2. The SMILES string of the molecule is CC(Nc1ncnc2cc(F)c(F)cc12)c1ccc(F)c(Cl)c1. The van der Waals surface area contributed by atoms with E-state index in [2.05, 4.69) is 15.3 Å². The highest BCUT2D eigenvalue weighted by molar-refractivity contribution is 6.30. The van der Waals surface area contributed by atoms with Gasteiger partial charge in [-0.2, -0.15) is 0 Å². The van der Waals surface area contributed by atoms with Crippen LogP contribution in [0.4, 0.5) is 19.0 Å². The van der Waals surface area contributed by atoms with E-state index in [0.717, 1.165) is 17.7 Å². The third kappa shape index (κ3) is 3.07. The molecule has 7 heteroatoms. The lowest BCUT2D eigenvalue weighted by atomic mass is 10.1. The van der Waals surface area contributed by atoms with Crippen LogP contribution in [-0.4, -0.2) is 9.97 Å². The molecule has 3 rings (SSSR count). The number of hydrogen-bond acceptors (Lipinski definition) is 3. The van der Waals surface area contributed by atoms with E-state index in [4.69, 9.17) is 11.6 Å². The van der Waals surface area contributed by atoms with E-state index in [9.17, 15) is 13.2 Å². The maximum atomic E-state index is 13.5. The first-order valence-corrected chi connectivity index (χ1v) is 7.14. The lowest BCUT2D eigenvalue weighted by Crippen LogP contribution is -2.09. The Morgan fingerprint density at radius 2 is 1.74 bits per heavy atom. The Balaban J connectivity index is 1.97. The van der Waals surface area contributed by atoms with Crippen molar-refractivity contribution < 1.29 is 13.2 Å². The second kappa shape index (κ2) is 6.04. The fourth-order valence-corrected chi connectivity index (χ4v) is 2.43. The molecule has 1 heterocycles. The number of nitrogens with one attached hydrogen (secondary N) is 1. The van der Waals surface area contributed by atoms with Gasteiger partial charge >= 0.3 is 0 Å². The molecule has 0 aliphatic carbocycles. The van der Waals surface area contributed by atoms with E-state index < -0.39 is 17.5 Å². The molecule has 0 amide bonds. The molecule has 2 aromatic carbocycles. The summed E-state index contributed by atoms with van der Waals surface area (Å²) in [5, 5.41) is 3.44. The van der Waals surface area contributed by atoms with Crippen molar-refractivity contribution in [1.82, 2.24) is 9.97 Å². The summed E-state index contributed by atoms with van der Waals surface area (Å²) in [6, 6.07) is 6.12. The van der Waals surface area contributed by atoms with Gasteiger partial charge in [-0.05, 0) is 30.7 Å². The molecule has 23 heavy (non-hydrogen) atoms. The van der Waals surface area contributed by atoms with Gasteiger partial charge in [0.05, 0.1) is 16.6 Å². The highest BCUT2D eigenvalue weighted by Crippen LogP contribution is 2.27. The fourth-order valence-electron chi connectivity index (χ4n) is 2.24. The molecular formula is C16H11ClF3N3. The minimum Gasteiger partial charge on any atom is -0.363 e. The van der Waals surface area contributed by atoms with Crippen LogP contribution < -0.4 is 5.32 Å². The molecule has 0 aliphatic rings. The molecule has 1 atom stereocenters. The Labute approximate surface area is 135 Å². The van der Waals surface area contributed by atoms with Crippen LogP contribution in [0.25, 0.3) is 10.9 Å². The summed E-state index contributed by atoms with van der Waals surface area (Å²) in [5.74, 6) is -2.11. The summed E-state index contributed by atoms with van der Waals surface area (Å²) in [6.45, 7) is 1.82. The van der Waals surface area contributed by atoms with Gasteiger partial charge in [-0.1, -0.05) is 17.7 Å². The fraction of sp³-hybridized carbons (Fsp3) is 0.125. The zero-order valence-corrected chi connectivity index (χ0v) is 12.7. The number of hydrogen-bond donors (Lipinski definition) is 1. The van der Waals surface area contributed by atoms with E-state index in [0.29, 0.717) is 11.2 Å². The molecule has 1 N–H and O–H groups in total. The van der Waals surface area contributed by atoms with Gasteiger partial charge in [-0.3, -0.25) is 0 Å². The van der Waals surface area contributed by atoms with E-state index in [1.807, 2.05) is 6.92 Å². The summed E-state index contributed by atoms with van der Waals surface area (Å²) in [4.78, 5) is 7.99. The summed E-state index contributed by atoms with van der Waals surface area (Å²) in [7, 11) is 0. The number of aromatic nitrogens is 2. The molecule has 0 radical (unpaired) electrons. The molecule has 118 valence electrons. The van der Waals surface area contributed by atoms with E-state index in [-0.39, 0.29) is 16.6 Å². The van der Waals surface area contributed by atoms with Crippen molar-refractivity contribution in [2.45, 2.75) is 13.0 Å². The summed E-state index contributed by atoms with van der Waals surface area (Å²) < 4.78 is 40.0. The number of nitrogens with zero attached hydrogens (tertiary/aromatic N) is 2. The van der Waals surface area contributed by atoms with Crippen molar-refractivity contribution in [3.8, 4) is 0 Å². The highest BCUT2D eigenvalue weighted by Gasteiger charge is 2.13. The van der Waals surface area contributed by atoms with Gasteiger partial charge in [0.25, 0.3) is 0 Å². The molecule has 0 saturated carbocycles. The topological polar surface area (TPSA) is 37.8 Å². The van der Waals surface area contributed by atoms with Crippen molar-refractivity contribution in [2.24, 2.45) is 0 Å². The first-order valence-electron chi connectivity index (χ1n) is 6.77. The van der Waals surface area contributed by atoms with E-state index in [1.54, 1.807) is 6.07 Å². The van der Waals surface area contributed by atoms with E-state index in [1.165, 1.54) is 18.5 Å². The molecule has 0 saturated heterocycles. The second-order valence-electron chi connectivity index (χ2n) is 5.05. The van der Waals surface area contributed by atoms with Crippen LogP contribution in [0.3, 0.4) is 0 Å². The molecule has 1 aromatic heterocycles. The normalized spacial score (nSPS) is 12.4. The van der Waals surface area contributed by atoms with Crippen molar-refractivity contribution >= 4 is 28.3 Å². The number of fused-ring (bicyclic) bond motifs is 1. The second-order valence-corrected chi connectivity index (χ2v) is 5.45. The summed E-state index contributed by atoms with van der Waals surface area (Å²) in [6.07, 6.45) is 1.26. The van der Waals surface area contributed by atoms with Gasteiger partial charge in [0.15, 0.2) is 11.6 Å². The zero-order valence-electron chi connectivity index (χ0n) is 11.9. The zero-order chi connectivity index (χ0) is 16.6. The Morgan fingerprint density at radius 1 is 1.00 bits per heavy atom.